The van der Waals surface area contributed by atoms with Crippen molar-refractivity contribution in [1.82, 2.24) is 9.88 Å². The molecule has 0 spiro atoms. The van der Waals surface area contributed by atoms with Gasteiger partial charge in [-0.25, -0.2) is 0 Å². The van der Waals surface area contributed by atoms with Gasteiger partial charge in [0.2, 0.25) is 5.91 Å². The van der Waals surface area contributed by atoms with E-state index in [1.807, 2.05) is 42.5 Å². The number of carbonyl (C=O) groups excluding carboxylic acids is 1. The molecule has 1 aromatic heterocycles. The summed E-state index contributed by atoms with van der Waals surface area (Å²) in [7, 11) is 0. The molecule has 33 heavy (non-hydrogen) atoms. The average molecular weight is 461 g/mol. The highest BCUT2D eigenvalue weighted by Crippen LogP contribution is 2.27. The molecule has 0 bridgehead atoms. The van der Waals surface area contributed by atoms with E-state index in [0.29, 0.717) is 5.75 Å². The summed E-state index contributed by atoms with van der Waals surface area (Å²) >= 11 is 1.53. The van der Waals surface area contributed by atoms with Crippen molar-refractivity contribution in [3.63, 3.8) is 0 Å². The Balaban J connectivity index is 1.11. The molecule has 172 valence electrons. The second-order valence-corrected chi connectivity index (χ2v) is 10.0. The lowest BCUT2D eigenvalue weighted by molar-refractivity contribution is -0.113. The number of benzene rings is 2. The van der Waals surface area contributed by atoms with Gasteiger partial charge >= 0.3 is 0 Å². The van der Waals surface area contributed by atoms with Crippen LogP contribution in [0.4, 0.5) is 11.4 Å². The highest BCUT2D eigenvalue weighted by Gasteiger charge is 2.25. The van der Waals surface area contributed by atoms with E-state index in [0.717, 1.165) is 53.7 Å². The van der Waals surface area contributed by atoms with Crippen LogP contribution in [0.3, 0.4) is 0 Å². The molecule has 2 aliphatic rings. The minimum atomic E-state index is 0.00165. The molecule has 1 amide bonds. The number of nitrogens with one attached hydrogen (secondary N) is 1. The van der Waals surface area contributed by atoms with E-state index >= 15 is 0 Å². The zero-order chi connectivity index (χ0) is 22.5. The molecule has 1 saturated heterocycles. The maximum atomic E-state index is 12.5. The molecule has 0 radical (unpaired) electrons. The molecule has 1 aliphatic heterocycles. The third-order valence-corrected chi connectivity index (χ3v) is 7.92. The Hall–Kier alpha value is -2.57. The summed E-state index contributed by atoms with van der Waals surface area (Å²) in [5.74, 6) is 0.363. The number of hydrogen-bond acceptors (Lipinski definition) is 5. The molecule has 1 aliphatic carbocycles. The predicted molar refractivity (Wildman–Crippen MR) is 138 cm³/mol. The van der Waals surface area contributed by atoms with Gasteiger partial charge in [0.05, 0.1) is 11.3 Å². The highest BCUT2D eigenvalue weighted by atomic mass is 32.2. The number of rotatable bonds is 6. The van der Waals surface area contributed by atoms with Crippen LogP contribution in [0.5, 0.6) is 0 Å². The van der Waals surface area contributed by atoms with Crippen LogP contribution in [-0.2, 0) is 4.79 Å². The zero-order valence-corrected chi connectivity index (χ0v) is 19.9. The van der Waals surface area contributed by atoms with E-state index in [-0.39, 0.29) is 5.91 Å². The Morgan fingerprint density at radius 2 is 1.70 bits per heavy atom. The summed E-state index contributed by atoms with van der Waals surface area (Å²) in [5, 5.41) is 4.13. The van der Waals surface area contributed by atoms with Crippen LogP contribution in [0.25, 0.3) is 10.9 Å². The van der Waals surface area contributed by atoms with Gasteiger partial charge in [0.25, 0.3) is 0 Å². The van der Waals surface area contributed by atoms with Crippen LogP contribution in [0, 0.1) is 0 Å². The van der Waals surface area contributed by atoms with Gasteiger partial charge in [0.15, 0.2) is 0 Å². The quantitative estimate of drug-likeness (QED) is 0.498. The third kappa shape index (κ3) is 5.50. The van der Waals surface area contributed by atoms with Crippen LogP contribution in [0.1, 0.15) is 32.1 Å². The maximum absolute atomic E-state index is 12.5. The Morgan fingerprint density at radius 3 is 2.48 bits per heavy atom. The topological polar surface area (TPSA) is 48.5 Å². The van der Waals surface area contributed by atoms with Crippen LogP contribution >= 0.6 is 11.8 Å². The van der Waals surface area contributed by atoms with Crippen LogP contribution in [0.15, 0.2) is 65.7 Å². The number of hydrogen-bond donors (Lipinski definition) is 1. The van der Waals surface area contributed by atoms with E-state index < -0.39 is 0 Å². The van der Waals surface area contributed by atoms with Gasteiger partial charge in [-0.15, -0.1) is 11.8 Å². The van der Waals surface area contributed by atoms with Gasteiger partial charge in [0, 0.05) is 60.1 Å². The van der Waals surface area contributed by atoms with E-state index in [1.54, 1.807) is 6.20 Å². The van der Waals surface area contributed by atoms with Crippen molar-refractivity contribution in [3.05, 3.63) is 60.8 Å². The number of amides is 1. The molecule has 1 N–H and O–H groups in total. The standard InChI is InChI=1S/C27H32N4OS/c32-26(20-33-25-10-4-6-21-7-5-15-28-27(21)25)29-22-11-13-24(14-12-22)31-18-16-30(17-19-31)23-8-2-1-3-9-23/h4-7,10-15,23H,1-3,8-9,16-20H2,(H,29,32). The summed E-state index contributed by atoms with van der Waals surface area (Å²) in [6.07, 6.45) is 8.76. The number of para-hydroxylation sites is 1. The highest BCUT2D eigenvalue weighted by molar-refractivity contribution is 8.00. The number of nitrogens with zero attached hydrogens (tertiary/aromatic N) is 3. The summed E-state index contributed by atoms with van der Waals surface area (Å²) < 4.78 is 0. The number of piperazine rings is 1. The van der Waals surface area contributed by atoms with Crippen molar-refractivity contribution in [2.75, 3.05) is 42.1 Å². The van der Waals surface area contributed by atoms with E-state index in [2.05, 4.69) is 32.2 Å². The first-order valence-electron chi connectivity index (χ1n) is 12.1. The van der Waals surface area contributed by atoms with Gasteiger partial charge < -0.3 is 10.2 Å². The largest absolute Gasteiger partial charge is 0.369 e. The monoisotopic (exact) mass is 460 g/mol. The molecule has 0 atom stereocenters. The lowest BCUT2D eigenvalue weighted by Gasteiger charge is -2.41. The number of pyridine rings is 1. The second kappa shape index (κ2) is 10.6. The molecular weight excluding hydrogens is 428 g/mol. The van der Waals surface area contributed by atoms with Crippen molar-refractivity contribution < 1.29 is 4.79 Å². The Bertz CT molecular complexity index is 1070. The average Bonchev–Trinajstić information content (AvgIpc) is 2.88. The number of carbonyl (C=O) groups is 1. The molecule has 5 nitrogen and oxygen atoms in total. The van der Waals surface area contributed by atoms with Crippen LogP contribution in [0.2, 0.25) is 0 Å². The minimum Gasteiger partial charge on any atom is -0.369 e. The van der Waals surface area contributed by atoms with Crippen molar-refractivity contribution in [2.45, 2.75) is 43.0 Å². The molecule has 6 heteroatoms. The first-order chi connectivity index (χ1) is 16.3. The molecule has 3 aromatic rings. The fourth-order valence-electron chi connectivity index (χ4n) is 5.08. The summed E-state index contributed by atoms with van der Waals surface area (Å²) in [4.78, 5) is 23.2. The lowest BCUT2D eigenvalue weighted by Crippen LogP contribution is -2.50. The van der Waals surface area contributed by atoms with E-state index in [1.165, 1.54) is 49.6 Å². The van der Waals surface area contributed by atoms with Crippen LogP contribution < -0.4 is 10.2 Å². The maximum Gasteiger partial charge on any atom is 0.234 e. The van der Waals surface area contributed by atoms with Crippen molar-refractivity contribution in [3.8, 4) is 0 Å². The minimum absolute atomic E-state index is 0.00165. The lowest BCUT2D eigenvalue weighted by atomic mass is 9.94. The summed E-state index contributed by atoms with van der Waals surface area (Å²) in [5.41, 5.74) is 3.04. The normalized spacial score (nSPS) is 17.9. The molecule has 2 fully saturated rings. The van der Waals surface area contributed by atoms with Gasteiger partial charge in [-0.3, -0.25) is 14.7 Å². The molecule has 0 unspecified atom stereocenters. The molecule has 2 heterocycles. The fraction of sp³-hybridized carbons (Fsp3) is 0.407. The summed E-state index contributed by atoms with van der Waals surface area (Å²) in [6.45, 7) is 4.47. The number of fused-ring (bicyclic) bond motifs is 1. The van der Waals surface area contributed by atoms with Gasteiger partial charge in [-0.2, -0.15) is 0 Å². The molecule has 5 rings (SSSR count). The van der Waals surface area contributed by atoms with Gasteiger partial charge in [-0.05, 0) is 49.2 Å². The fourth-order valence-corrected chi connectivity index (χ4v) is 5.92. The van der Waals surface area contributed by atoms with Gasteiger partial charge in [0.1, 0.15) is 0 Å². The van der Waals surface area contributed by atoms with Crippen molar-refractivity contribution in [2.24, 2.45) is 0 Å². The first-order valence-corrected chi connectivity index (χ1v) is 13.1. The Morgan fingerprint density at radius 1 is 0.939 bits per heavy atom. The second-order valence-electron chi connectivity index (χ2n) is 9.03. The van der Waals surface area contributed by atoms with Crippen molar-refractivity contribution >= 4 is 39.9 Å². The molecule has 1 saturated carbocycles. The third-order valence-electron chi connectivity index (χ3n) is 6.88. The first kappa shape index (κ1) is 22.2. The molecule has 2 aromatic carbocycles. The van der Waals surface area contributed by atoms with Gasteiger partial charge in [-0.1, -0.05) is 37.5 Å². The Kier molecular flexibility index (Phi) is 7.12. The number of aromatic nitrogens is 1. The van der Waals surface area contributed by atoms with E-state index in [4.69, 9.17) is 0 Å². The van der Waals surface area contributed by atoms with Crippen molar-refractivity contribution in [1.29, 1.82) is 0 Å². The summed E-state index contributed by atoms with van der Waals surface area (Å²) in [6, 6.07) is 19.2. The zero-order valence-electron chi connectivity index (χ0n) is 19.1. The smallest absolute Gasteiger partial charge is 0.234 e. The van der Waals surface area contributed by atoms with E-state index in [9.17, 15) is 4.79 Å². The van der Waals surface area contributed by atoms with Crippen LogP contribution in [-0.4, -0.2) is 53.8 Å². The Labute approximate surface area is 200 Å². The predicted octanol–water partition coefficient (Wildman–Crippen LogP) is 5.42. The molecular formula is C27H32N4OS. The number of anilines is 2. The number of thioether (sulfide) groups is 1. The SMILES string of the molecule is O=C(CSc1cccc2cccnc12)Nc1ccc(N2CCN(C3CCCCC3)CC2)cc1.